The highest BCUT2D eigenvalue weighted by Gasteiger charge is 2.20. The lowest BCUT2D eigenvalue weighted by Crippen LogP contribution is -2.38. The van der Waals surface area contributed by atoms with Crippen LogP contribution in [0.3, 0.4) is 0 Å². The Morgan fingerprint density at radius 1 is 1.17 bits per heavy atom. The predicted molar refractivity (Wildman–Crippen MR) is 135 cm³/mol. The number of benzene rings is 2. The maximum Gasteiger partial charge on any atom is 0.259 e. The maximum atomic E-state index is 13.3. The van der Waals surface area contributed by atoms with Crippen molar-refractivity contribution < 1.29 is 14.3 Å². The van der Waals surface area contributed by atoms with Crippen LogP contribution in [0.1, 0.15) is 21.5 Å². The standard InChI is InChI=1S/C26H30N6O3/c1-17-5-4-6-18(2)24(17)28-26(33)21-13-20-22(14-23(21)34-3)29-30-25(20)19-15-27-32(16-19)8-7-31-9-11-35-12-10-31/h4-6,13-16H,7-12H2,1-3H3,(H,28,33)(H,29,30). The van der Waals surface area contributed by atoms with Crippen molar-refractivity contribution in [2.24, 2.45) is 0 Å². The maximum absolute atomic E-state index is 13.3. The van der Waals surface area contributed by atoms with E-state index in [0.717, 1.165) is 78.4 Å². The van der Waals surface area contributed by atoms with Crippen LogP contribution in [0.2, 0.25) is 0 Å². The summed E-state index contributed by atoms with van der Waals surface area (Å²) in [6.45, 7) is 9.14. The Kier molecular flexibility index (Phi) is 6.52. The summed E-state index contributed by atoms with van der Waals surface area (Å²) >= 11 is 0. The van der Waals surface area contributed by atoms with Crippen molar-refractivity contribution in [1.82, 2.24) is 24.9 Å². The molecule has 4 aromatic rings. The first-order valence-electron chi connectivity index (χ1n) is 11.8. The number of para-hydroxylation sites is 1. The topological polar surface area (TPSA) is 97.3 Å². The molecule has 0 unspecified atom stereocenters. The first kappa shape index (κ1) is 23.1. The van der Waals surface area contributed by atoms with E-state index in [9.17, 15) is 4.79 Å². The van der Waals surface area contributed by atoms with Crippen molar-refractivity contribution in [3.05, 3.63) is 59.4 Å². The number of hydrogen-bond donors (Lipinski definition) is 2. The van der Waals surface area contributed by atoms with Gasteiger partial charge in [0.2, 0.25) is 0 Å². The fraction of sp³-hybridized carbons (Fsp3) is 0.346. The van der Waals surface area contributed by atoms with Crippen molar-refractivity contribution in [3.8, 4) is 17.0 Å². The molecule has 0 aliphatic carbocycles. The van der Waals surface area contributed by atoms with Crippen LogP contribution in [0.4, 0.5) is 5.69 Å². The van der Waals surface area contributed by atoms with Crippen molar-refractivity contribution >= 4 is 22.5 Å². The number of methoxy groups -OCH3 is 1. The van der Waals surface area contributed by atoms with Crippen LogP contribution in [0.15, 0.2) is 42.7 Å². The second kappa shape index (κ2) is 9.89. The van der Waals surface area contributed by atoms with E-state index in [1.807, 2.05) is 61.3 Å². The predicted octanol–water partition coefficient (Wildman–Crippen LogP) is 3.64. The number of aryl methyl sites for hydroxylation is 2. The molecule has 1 aliphatic rings. The zero-order valence-corrected chi connectivity index (χ0v) is 20.3. The number of aromatic amines is 1. The molecule has 9 nitrogen and oxygen atoms in total. The van der Waals surface area contributed by atoms with Gasteiger partial charge >= 0.3 is 0 Å². The van der Waals surface area contributed by atoms with Crippen LogP contribution in [0, 0.1) is 13.8 Å². The van der Waals surface area contributed by atoms with Gasteiger partial charge in [-0.15, -0.1) is 0 Å². The lowest BCUT2D eigenvalue weighted by Gasteiger charge is -2.26. The highest BCUT2D eigenvalue weighted by molar-refractivity contribution is 6.10. The van der Waals surface area contributed by atoms with Gasteiger partial charge in [-0.05, 0) is 31.0 Å². The molecule has 0 spiro atoms. The molecular weight excluding hydrogens is 444 g/mol. The number of ether oxygens (including phenoxy) is 2. The molecule has 0 atom stereocenters. The first-order chi connectivity index (χ1) is 17.0. The van der Waals surface area contributed by atoms with Gasteiger partial charge < -0.3 is 14.8 Å². The van der Waals surface area contributed by atoms with E-state index in [4.69, 9.17) is 9.47 Å². The Hall–Kier alpha value is -3.69. The lowest BCUT2D eigenvalue weighted by atomic mass is 10.0. The fourth-order valence-electron chi connectivity index (χ4n) is 4.48. The van der Waals surface area contributed by atoms with Gasteiger partial charge in [0.05, 0.1) is 44.1 Å². The van der Waals surface area contributed by atoms with Crippen molar-refractivity contribution in [3.63, 3.8) is 0 Å². The highest BCUT2D eigenvalue weighted by Crippen LogP contribution is 2.32. The number of amides is 1. The Balaban J connectivity index is 1.41. The Bertz CT molecular complexity index is 1330. The molecule has 3 heterocycles. The smallest absolute Gasteiger partial charge is 0.259 e. The molecule has 1 amide bonds. The molecule has 2 N–H and O–H groups in total. The van der Waals surface area contributed by atoms with Gasteiger partial charge in [0, 0.05) is 48.5 Å². The van der Waals surface area contributed by atoms with Crippen LogP contribution in [0.5, 0.6) is 5.75 Å². The number of rotatable bonds is 7. The minimum Gasteiger partial charge on any atom is -0.496 e. The van der Waals surface area contributed by atoms with E-state index in [-0.39, 0.29) is 5.91 Å². The highest BCUT2D eigenvalue weighted by atomic mass is 16.5. The van der Waals surface area contributed by atoms with E-state index in [1.54, 1.807) is 7.11 Å². The van der Waals surface area contributed by atoms with Crippen molar-refractivity contribution in [2.45, 2.75) is 20.4 Å². The minimum absolute atomic E-state index is 0.227. The molecule has 182 valence electrons. The van der Waals surface area contributed by atoms with Gasteiger partial charge in [-0.2, -0.15) is 10.2 Å². The number of anilines is 1. The number of fused-ring (bicyclic) bond motifs is 1. The summed E-state index contributed by atoms with van der Waals surface area (Å²) in [6.07, 6.45) is 3.81. The fourth-order valence-corrected chi connectivity index (χ4v) is 4.48. The number of aromatic nitrogens is 4. The SMILES string of the molecule is COc1cc2[nH]nc(-c3cnn(CCN4CCOCC4)c3)c2cc1C(=O)Nc1c(C)cccc1C. The summed E-state index contributed by atoms with van der Waals surface area (Å²) in [6, 6.07) is 9.59. The molecule has 35 heavy (non-hydrogen) atoms. The zero-order valence-electron chi connectivity index (χ0n) is 20.3. The van der Waals surface area contributed by atoms with Crippen LogP contribution in [-0.4, -0.2) is 70.7 Å². The molecular formula is C26H30N6O3. The molecule has 0 bridgehead atoms. The second-order valence-corrected chi connectivity index (χ2v) is 8.84. The quantitative estimate of drug-likeness (QED) is 0.425. The van der Waals surface area contributed by atoms with E-state index in [2.05, 4.69) is 25.5 Å². The Morgan fingerprint density at radius 3 is 2.69 bits per heavy atom. The molecule has 0 saturated carbocycles. The van der Waals surface area contributed by atoms with Crippen molar-refractivity contribution in [1.29, 1.82) is 0 Å². The molecule has 0 radical (unpaired) electrons. The third-order valence-electron chi connectivity index (χ3n) is 6.50. The van der Waals surface area contributed by atoms with Gasteiger partial charge in [-0.25, -0.2) is 0 Å². The first-order valence-corrected chi connectivity index (χ1v) is 11.8. The molecule has 9 heteroatoms. The number of morpholine rings is 1. The minimum atomic E-state index is -0.227. The third-order valence-corrected chi connectivity index (χ3v) is 6.50. The van der Waals surface area contributed by atoms with E-state index in [0.29, 0.717) is 11.3 Å². The largest absolute Gasteiger partial charge is 0.496 e. The number of nitrogens with zero attached hydrogens (tertiary/aromatic N) is 4. The molecule has 1 aliphatic heterocycles. The summed E-state index contributed by atoms with van der Waals surface area (Å²) in [4.78, 5) is 15.7. The average Bonchev–Trinajstić information content (AvgIpc) is 3.51. The van der Waals surface area contributed by atoms with Gasteiger partial charge in [-0.1, -0.05) is 18.2 Å². The van der Waals surface area contributed by atoms with E-state index < -0.39 is 0 Å². The summed E-state index contributed by atoms with van der Waals surface area (Å²) in [5, 5.41) is 16.0. The molecule has 2 aromatic heterocycles. The summed E-state index contributed by atoms with van der Waals surface area (Å²) in [5.74, 6) is 0.257. The van der Waals surface area contributed by atoms with Crippen LogP contribution in [-0.2, 0) is 11.3 Å². The Morgan fingerprint density at radius 2 is 1.94 bits per heavy atom. The number of carbonyl (C=O) groups is 1. The van der Waals surface area contributed by atoms with Crippen LogP contribution in [0.25, 0.3) is 22.2 Å². The molecule has 5 rings (SSSR count). The number of hydrogen-bond acceptors (Lipinski definition) is 6. The molecule has 1 saturated heterocycles. The zero-order chi connectivity index (χ0) is 24.4. The van der Waals surface area contributed by atoms with Crippen LogP contribution < -0.4 is 10.1 Å². The van der Waals surface area contributed by atoms with Gasteiger partial charge in [0.25, 0.3) is 5.91 Å². The monoisotopic (exact) mass is 474 g/mol. The summed E-state index contributed by atoms with van der Waals surface area (Å²) in [7, 11) is 1.56. The van der Waals surface area contributed by atoms with Gasteiger partial charge in [-0.3, -0.25) is 19.5 Å². The van der Waals surface area contributed by atoms with E-state index in [1.165, 1.54) is 0 Å². The van der Waals surface area contributed by atoms with Gasteiger partial charge in [0.15, 0.2) is 0 Å². The Labute approximate surface area is 204 Å². The summed E-state index contributed by atoms with van der Waals surface area (Å²) < 4.78 is 12.9. The third kappa shape index (κ3) is 4.78. The van der Waals surface area contributed by atoms with Crippen molar-refractivity contribution in [2.75, 3.05) is 45.3 Å². The van der Waals surface area contributed by atoms with Crippen LogP contribution >= 0.6 is 0 Å². The van der Waals surface area contributed by atoms with E-state index >= 15 is 0 Å². The number of carbonyl (C=O) groups excluding carboxylic acids is 1. The number of H-pyrrole nitrogens is 1. The lowest BCUT2D eigenvalue weighted by molar-refractivity contribution is 0.0360. The molecule has 1 fully saturated rings. The second-order valence-electron chi connectivity index (χ2n) is 8.84. The average molecular weight is 475 g/mol. The normalized spacial score (nSPS) is 14.4. The molecule has 2 aromatic carbocycles. The number of nitrogens with one attached hydrogen (secondary N) is 2. The van der Waals surface area contributed by atoms with Gasteiger partial charge in [0.1, 0.15) is 11.4 Å². The summed E-state index contributed by atoms with van der Waals surface area (Å²) in [5.41, 5.74) is 5.71.